The molecule has 0 spiro atoms. The van der Waals surface area contributed by atoms with Crippen LogP contribution in [-0.2, 0) is 0 Å². The molecule has 1 fully saturated rings. The molecule has 1 aromatic rings. The molecule has 0 atom stereocenters. The van der Waals surface area contributed by atoms with Gasteiger partial charge in [-0.05, 0) is 34.8 Å². The first-order valence-corrected chi connectivity index (χ1v) is 5.36. The molecular formula is C9H13BrN2. The Morgan fingerprint density at radius 1 is 1.33 bits per heavy atom. The van der Waals surface area contributed by atoms with Gasteiger partial charge >= 0.3 is 0 Å². The molecule has 0 amide bonds. The van der Waals surface area contributed by atoms with Crippen LogP contribution in [0.4, 0.5) is 0 Å². The number of aromatic nitrogens is 2. The quantitative estimate of drug-likeness (QED) is 0.723. The smallest absolute Gasteiger partial charge is 0.104 e. The first kappa shape index (κ1) is 8.30. The van der Waals surface area contributed by atoms with E-state index in [0.717, 1.165) is 4.60 Å². The average Bonchev–Trinajstić information content (AvgIpc) is 2.53. The van der Waals surface area contributed by atoms with Gasteiger partial charge in [0.25, 0.3) is 0 Å². The zero-order valence-corrected chi connectivity index (χ0v) is 8.63. The highest BCUT2D eigenvalue weighted by Crippen LogP contribution is 2.29. The van der Waals surface area contributed by atoms with Crippen molar-refractivity contribution < 1.29 is 0 Å². The first-order valence-electron chi connectivity index (χ1n) is 4.57. The van der Waals surface area contributed by atoms with E-state index in [1.807, 2.05) is 12.3 Å². The molecule has 0 saturated heterocycles. The van der Waals surface area contributed by atoms with E-state index in [0.29, 0.717) is 6.04 Å². The topological polar surface area (TPSA) is 17.8 Å². The monoisotopic (exact) mass is 228 g/mol. The molecule has 0 aliphatic heterocycles. The second kappa shape index (κ2) is 3.60. The van der Waals surface area contributed by atoms with E-state index in [-0.39, 0.29) is 0 Å². The standard InChI is InChI=1S/C9H13BrN2/c10-9-6-7-11-12(9)8-4-2-1-3-5-8/h6-8H,1-5H2. The van der Waals surface area contributed by atoms with E-state index in [1.54, 1.807) is 0 Å². The van der Waals surface area contributed by atoms with Gasteiger partial charge in [-0.15, -0.1) is 0 Å². The third-order valence-corrected chi connectivity index (χ3v) is 3.17. The van der Waals surface area contributed by atoms with E-state index < -0.39 is 0 Å². The lowest BCUT2D eigenvalue weighted by Gasteiger charge is -2.22. The summed E-state index contributed by atoms with van der Waals surface area (Å²) < 4.78 is 3.23. The average molecular weight is 229 g/mol. The van der Waals surface area contributed by atoms with Crippen LogP contribution in [0.1, 0.15) is 38.1 Å². The van der Waals surface area contributed by atoms with Gasteiger partial charge in [0, 0.05) is 0 Å². The molecule has 1 aromatic heterocycles. The van der Waals surface area contributed by atoms with Crippen LogP contribution >= 0.6 is 15.9 Å². The van der Waals surface area contributed by atoms with Gasteiger partial charge in [-0.2, -0.15) is 5.10 Å². The van der Waals surface area contributed by atoms with Gasteiger partial charge < -0.3 is 0 Å². The fourth-order valence-electron chi connectivity index (χ4n) is 1.89. The minimum atomic E-state index is 0.642. The van der Waals surface area contributed by atoms with Gasteiger partial charge in [-0.3, -0.25) is 4.68 Å². The molecule has 1 aliphatic rings. The summed E-state index contributed by atoms with van der Waals surface area (Å²) in [5.41, 5.74) is 0. The van der Waals surface area contributed by atoms with Crippen molar-refractivity contribution in [2.24, 2.45) is 0 Å². The summed E-state index contributed by atoms with van der Waals surface area (Å²) in [6.45, 7) is 0. The Labute approximate surface area is 81.1 Å². The van der Waals surface area contributed by atoms with Crippen molar-refractivity contribution in [3.63, 3.8) is 0 Å². The van der Waals surface area contributed by atoms with E-state index in [2.05, 4.69) is 25.7 Å². The summed E-state index contributed by atoms with van der Waals surface area (Å²) in [7, 11) is 0. The lowest BCUT2D eigenvalue weighted by Crippen LogP contribution is -2.13. The van der Waals surface area contributed by atoms with Crippen molar-refractivity contribution in [2.75, 3.05) is 0 Å². The zero-order valence-electron chi connectivity index (χ0n) is 7.04. The maximum absolute atomic E-state index is 4.31. The Hall–Kier alpha value is -0.310. The van der Waals surface area contributed by atoms with Crippen molar-refractivity contribution in [1.29, 1.82) is 0 Å². The zero-order chi connectivity index (χ0) is 8.39. The molecule has 0 unspecified atom stereocenters. The predicted octanol–water partition coefficient (Wildman–Crippen LogP) is 3.15. The Kier molecular flexibility index (Phi) is 2.49. The van der Waals surface area contributed by atoms with Crippen molar-refractivity contribution in [1.82, 2.24) is 9.78 Å². The van der Waals surface area contributed by atoms with Gasteiger partial charge in [-0.25, -0.2) is 0 Å². The summed E-state index contributed by atoms with van der Waals surface area (Å²) in [6.07, 6.45) is 8.56. The highest BCUT2D eigenvalue weighted by atomic mass is 79.9. The Morgan fingerprint density at radius 3 is 2.67 bits per heavy atom. The van der Waals surface area contributed by atoms with Crippen LogP contribution in [-0.4, -0.2) is 9.78 Å². The van der Waals surface area contributed by atoms with Crippen LogP contribution in [0.2, 0.25) is 0 Å². The maximum Gasteiger partial charge on any atom is 0.104 e. The van der Waals surface area contributed by atoms with E-state index >= 15 is 0 Å². The molecule has 0 bridgehead atoms. The summed E-state index contributed by atoms with van der Waals surface area (Å²) in [4.78, 5) is 0. The molecule has 2 rings (SSSR count). The molecule has 1 aliphatic carbocycles. The highest BCUT2D eigenvalue weighted by molar-refractivity contribution is 9.10. The highest BCUT2D eigenvalue weighted by Gasteiger charge is 2.16. The second-order valence-electron chi connectivity index (χ2n) is 3.39. The molecule has 12 heavy (non-hydrogen) atoms. The summed E-state index contributed by atoms with van der Waals surface area (Å²) in [6, 6.07) is 2.65. The number of halogens is 1. The molecule has 1 heterocycles. The van der Waals surface area contributed by atoms with Gasteiger partial charge in [0.2, 0.25) is 0 Å². The van der Waals surface area contributed by atoms with E-state index in [9.17, 15) is 0 Å². The molecule has 1 saturated carbocycles. The van der Waals surface area contributed by atoms with Crippen LogP contribution in [0, 0.1) is 0 Å². The van der Waals surface area contributed by atoms with E-state index in [4.69, 9.17) is 0 Å². The SMILES string of the molecule is Brc1ccnn1C1CCCCC1. The third kappa shape index (κ3) is 1.56. The number of nitrogens with zero attached hydrogens (tertiary/aromatic N) is 2. The lowest BCUT2D eigenvalue weighted by atomic mass is 9.96. The van der Waals surface area contributed by atoms with Gasteiger partial charge in [0.1, 0.15) is 4.60 Å². The predicted molar refractivity (Wildman–Crippen MR) is 52.0 cm³/mol. The molecule has 3 heteroatoms. The fraction of sp³-hybridized carbons (Fsp3) is 0.667. The van der Waals surface area contributed by atoms with Crippen molar-refractivity contribution in [2.45, 2.75) is 38.1 Å². The summed E-state index contributed by atoms with van der Waals surface area (Å²) in [5, 5.41) is 4.31. The molecular weight excluding hydrogens is 216 g/mol. The van der Waals surface area contributed by atoms with Crippen LogP contribution in [0.5, 0.6) is 0 Å². The molecule has 66 valence electrons. The van der Waals surface area contributed by atoms with Crippen LogP contribution in [0.25, 0.3) is 0 Å². The van der Waals surface area contributed by atoms with Gasteiger partial charge in [-0.1, -0.05) is 19.3 Å². The van der Waals surface area contributed by atoms with Crippen LogP contribution in [0.15, 0.2) is 16.9 Å². The van der Waals surface area contributed by atoms with Crippen LogP contribution in [0.3, 0.4) is 0 Å². The number of hydrogen-bond acceptors (Lipinski definition) is 1. The van der Waals surface area contributed by atoms with E-state index in [1.165, 1.54) is 32.1 Å². The number of rotatable bonds is 1. The van der Waals surface area contributed by atoms with Crippen molar-refractivity contribution in [3.05, 3.63) is 16.9 Å². The normalized spacial score (nSPS) is 19.8. The summed E-state index contributed by atoms with van der Waals surface area (Å²) in [5.74, 6) is 0. The first-order chi connectivity index (χ1) is 5.88. The molecule has 0 radical (unpaired) electrons. The molecule has 2 nitrogen and oxygen atoms in total. The molecule has 0 N–H and O–H groups in total. The fourth-order valence-corrected chi connectivity index (χ4v) is 2.39. The third-order valence-electron chi connectivity index (χ3n) is 2.54. The largest absolute Gasteiger partial charge is 0.255 e. The van der Waals surface area contributed by atoms with Gasteiger partial charge in [0.15, 0.2) is 0 Å². The maximum atomic E-state index is 4.31. The Bertz CT molecular complexity index is 251. The second-order valence-corrected chi connectivity index (χ2v) is 4.20. The minimum Gasteiger partial charge on any atom is -0.255 e. The number of hydrogen-bond donors (Lipinski definition) is 0. The Morgan fingerprint density at radius 2 is 2.08 bits per heavy atom. The lowest BCUT2D eigenvalue weighted by molar-refractivity contribution is 0.325. The van der Waals surface area contributed by atoms with Crippen molar-refractivity contribution >= 4 is 15.9 Å². The molecule has 0 aromatic carbocycles. The Balaban J connectivity index is 2.13. The van der Waals surface area contributed by atoms with Crippen molar-refractivity contribution in [3.8, 4) is 0 Å². The summed E-state index contributed by atoms with van der Waals surface area (Å²) >= 11 is 3.50. The minimum absolute atomic E-state index is 0.642. The van der Waals surface area contributed by atoms with Gasteiger partial charge in [0.05, 0.1) is 12.2 Å². The van der Waals surface area contributed by atoms with Crippen LogP contribution < -0.4 is 0 Å².